The van der Waals surface area contributed by atoms with Crippen LogP contribution in [0.15, 0.2) is 55.0 Å². The summed E-state index contributed by atoms with van der Waals surface area (Å²) in [6, 6.07) is 10.7. The summed E-state index contributed by atoms with van der Waals surface area (Å²) in [6.07, 6.45) is 7.49. The standard InChI is InChI=1S/C19H18N4O2/c1-23-10-9-21-18(23)6-5-14-3-2-4-16(11-14)22-19(25)17-12-15(13-24)7-8-20-17/h2-4,7-13H,5-6H2,1H3,(H,22,25). The average Bonchev–Trinajstić information content (AvgIpc) is 3.05. The quantitative estimate of drug-likeness (QED) is 0.703. The van der Waals surface area contributed by atoms with Crippen LogP contribution in [-0.4, -0.2) is 26.7 Å². The third-order valence-corrected chi connectivity index (χ3v) is 3.90. The normalized spacial score (nSPS) is 10.4. The molecule has 1 N–H and O–H groups in total. The lowest BCUT2D eigenvalue weighted by molar-refractivity contribution is 0.102. The molecule has 1 aromatic carbocycles. The summed E-state index contributed by atoms with van der Waals surface area (Å²) < 4.78 is 2.00. The molecule has 6 heteroatoms. The number of carbonyl (C=O) groups excluding carboxylic acids is 2. The van der Waals surface area contributed by atoms with Crippen LogP contribution in [-0.2, 0) is 19.9 Å². The first-order valence-corrected chi connectivity index (χ1v) is 7.93. The Morgan fingerprint density at radius 3 is 2.80 bits per heavy atom. The molecular formula is C19H18N4O2. The third kappa shape index (κ3) is 4.17. The number of rotatable bonds is 6. The maximum Gasteiger partial charge on any atom is 0.274 e. The SMILES string of the molecule is Cn1ccnc1CCc1cccc(NC(=O)c2cc(C=O)ccn2)c1. The number of anilines is 1. The largest absolute Gasteiger partial charge is 0.338 e. The number of amides is 1. The topological polar surface area (TPSA) is 76.9 Å². The van der Waals surface area contributed by atoms with Gasteiger partial charge in [0.05, 0.1) is 0 Å². The summed E-state index contributed by atoms with van der Waals surface area (Å²) in [7, 11) is 1.97. The highest BCUT2D eigenvalue weighted by Gasteiger charge is 2.09. The Morgan fingerprint density at radius 1 is 1.16 bits per heavy atom. The molecule has 0 unspecified atom stereocenters. The number of hydrogen-bond donors (Lipinski definition) is 1. The van der Waals surface area contributed by atoms with E-state index in [1.165, 1.54) is 12.3 Å². The van der Waals surface area contributed by atoms with Gasteiger partial charge in [0.25, 0.3) is 5.91 Å². The zero-order valence-electron chi connectivity index (χ0n) is 13.8. The molecule has 0 spiro atoms. The molecule has 0 aliphatic carbocycles. The number of pyridine rings is 1. The predicted molar refractivity (Wildman–Crippen MR) is 94.6 cm³/mol. The molecule has 0 saturated heterocycles. The fourth-order valence-electron chi connectivity index (χ4n) is 2.54. The maximum absolute atomic E-state index is 12.3. The van der Waals surface area contributed by atoms with Crippen LogP contribution < -0.4 is 5.32 Å². The number of aromatic nitrogens is 3. The second-order valence-corrected chi connectivity index (χ2v) is 5.70. The Hall–Kier alpha value is -3.28. The van der Waals surface area contributed by atoms with E-state index in [-0.39, 0.29) is 11.6 Å². The van der Waals surface area contributed by atoms with Gasteiger partial charge in [-0.2, -0.15) is 0 Å². The summed E-state index contributed by atoms with van der Waals surface area (Å²) in [5.74, 6) is 0.675. The van der Waals surface area contributed by atoms with Crippen molar-refractivity contribution in [3.8, 4) is 0 Å². The first-order chi connectivity index (χ1) is 12.2. The second kappa shape index (κ2) is 7.53. The molecule has 25 heavy (non-hydrogen) atoms. The van der Waals surface area contributed by atoms with Gasteiger partial charge in [0.1, 0.15) is 17.8 Å². The van der Waals surface area contributed by atoms with Crippen molar-refractivity contribution in [2.45, 2.75) is 12.8 Å². The van der Waals surface area contributed by atoms with E-state index in [0.717, 1.165) is 24.2 Å². The summed E-state index contributed by atoms with van der Waals surface area (Å²) >= 11 is 0. The zero-order valence-corrected chi connectivity index (χ0v) is 13.8. The molecule has 126 valence electrons. The zero-order chi connectivity index (χ0) is 17.6. The number of benzene rings is 1. The fraction of sp³-hybridized carbons (Fsp3) is 0.158. The van der Waals surface area contributed by atoms with Gasteiger partial charge in [0, 0.05) is 43.3 Å². The first-order valence-electron chi connectivity index (χ1n) is 7.93. The molecule has 0 atom stereocenters. The van der Waals surface area contributed by atoms with Gasteiger partial charge >= 0.3 is 0 Å². The van der Waals surface area contributed by atoms with E-state index in [4.69, 9.17) is 0 Å². The number of imidazole rings is 1. The number of carbonyl (C=O) groups is 2. The first kappa shape index (κ1) is 16.6. The van der Waals surface area contributed by atoms with Crippen LogP contribution in [0, 0.1) is 0 Å². The molecule has 0 aliphatic heterocycles. The van der Waals surface area contributed by atoms with E-state index in [1.54, 1.807) is 12.3 Å². The van der Waals surface area contributed by atoms with E-state index in [1.807, 2.05) is 42.1 Å². The monoisotopic (exact) mass is 334 g/mol. The number of nitrogens with zero attached hydrogens (tertiary/aromatic N) is 3. The Labute approximate surface area is 145 Å². The minimum Gasteiger partial charge on any atom is -0.338 e. The predicted octanol–water partition coefficient (Wildman–Crippen LogP) is 2.67. The summed E-state index contributed by atoms with van der Waals surface area (Å²) in [5, 5.41) is 2.82. The molecule has 2 aromatic heterocycles. The molecule has 1 amide bonds. The minimum atomic E-state index is -0.343. The molecule has 3 rings (SSSR count). The van der Waals surface area contributed by atoms with E-state index in [9.17, 15) is 9.59 Å². The number of aldehydes is 1. The third-order valence-electron chi connectivity index (χ3n) is 3.90. The highest BCUT2D eigenvalue weighted by Crippen LogP contribution is 2.14. The lowest BCUT2D eigenvalue weighted by Crippen LogP contribution is -2.14. The van der Waals surface area contributed by atoms with Gasteiger partial charge in [-0.15, -0.1) is 0 Å². The van der Waals surface area contributed by atoms with Crippen molar-refractivity contribution in [1.29, 1.82) is 0 Å². The number of nitrogens with one attached hydrogen (secondary N) is 1. The van der Waals surface area contributed by atoms with E-state index in [2.05, 4.69) is 15.3 Å². The van der Waals surface area contributed by atoms with Crippen LogP contribution >= 0.6 is 0 Å². The summed E-state index contributed by atoms with van der Waals surface area (Å²) in [5.41, 5.74) is 2.43. The van der Waals surface area contributed by atoms with Crippen LogP contribution in [0.5, 0.6) is 0 Å². The van der Waals surface area contributed by atoms with Crippen LogP contribution in [0.1, 0.15) is 32.2 Å². The van der Waals surface area contributed by atoms with Gasteiger partial charge in [-0.1, -0.05) is 12.1 Å². The van der Waals surface area contributed by atoms with Gasteiger partial charge in [0.15, 0.2) is 0 Å². The molecule has 3 aromatic rings. The van der Waals surface area contributed by atoms with Gasteiger partial charge in [-0.05, 0) is 36.2 Å². The van der Waals surface area contributed by atoms with E-state index in [0.29, 0.717) is 17.5 Å². The molecule has 0 bridgehead atoms. The van der Waals surface area contributed by atoms with Crippen molar-refractivity contribution < 1.29 is 9.59 Å². The van der Waals surface area contributed by atoms with Crippen molar-refractivity contribution in [1.82, 2.24) is 14.5 Å². The van der Waals surface area contributed by atoms with E-state index < -0.39 is 0 Å². The second-order valence-electron chi connectivity index (χ2n) is 5.70. The highest BCUT2D eigenvalue weighted by atomic mass is 16.1. The summed E-state index contributed by atoms with van der Waals surface area (Å²) in [4.78, 5) is 31.4. The number of aryl methyl sites for hydroxylation is 3. The lowest BCUT2D eigenvalue weighted by Gasteiger charge is -2.08. The Kier molecular flexibility index (Phi) is 4.99. The molecule has 0 radical (unpaired) electrons. The van der Waals surface area contributed by atoms with Gasteiger partial charge in [-0.3, -0.25) is 14.6 Å². The van der Waals surface area contributed by atoms with Crippen LogP contribution in [0.25, 0.3) is 0 Å². The van der Waals surface area contributed by atoms with Crippen molar-refractivity contribution in [3.63, 3.8) is 0 Å². The van der Waals surface area contributed by atoms with Gasteiger partial charge in [0.2, 0.25) is 0 Å². The average molecular weight is 334 g/mol. The smallest absolute Gasteiger partial charge is 0.274 e. The molecule has 2 heterocycles. The summed E-state index contributed by atoms with van der Waals surface area (Å²) in [6.45, 7) is 0. The van der Waals surface area contributed by atoms with Crippen LogP contribution in [0.4, 0.5) is 5.69 Å². The Morgan fingerprint density at radius 2 is 2.04 bits per heavy atom. The van der Waals surface area contributed by atoms with Crippen LogP contribution in [0.2, 0.25) is 0 Å². The number of hydrogen-bond acceptors (Lipinski definition) is 4. The fourth-order valence-corrected chi connectivity index (χ4v) is 2.54. The maximum atomic E-state index is 12.3. The van der Waals surface area contributed by atoms with Crippen molar-refractivity contribution in [2.24, 2.45) is 7.05 Å². The van der Waals surface area contributed by atoms with Crippen LogP contribution in [0.3, 0.4) is 0 Å². The molecule has 0 aliphatic rings. The van der Waals surface area contributed by atoms with Gasteiger partial charge in [-0.25, -0.2) is 4.98 Å². The molecule has 0 saturated carbocycles. The Balaban J connectivity index is 1.67. The molecule has 0 fully saturated rings. The minimum absolute atomic E-state index is 0.211. The van der Waals surface area contributed by atoms with E-state index >= 15 is 0 Å². The molecule has 6 nitrogen and oxygen atoms in total. The van der Waals surface area contributed by atoms with Gasteiger partial charge < -0.3 is 9.88 Å². The van der Waals surface area contributed by atoms with Crippen molar-refractivity contribution in [3.05, 3.63) is 77.6 Å². The highest BCUT2D eigenvalue weighted by molar-refractivity contribution is 6.03. The lowest BCUT2D eigenvalue weighted by atomic mass is 10.1. The van der Waals surface area contributed by atoms with Crippen molar-refractivity contribution in [2.75, 3.05) is 5.32 Å². The Bertz CT molecular complexity index is 902. The van der Waals surface area contributed by atoms with Crippen molar-refractivity contribution >= 4 is 17.9 Å². The molecular weight excluding hydrogens is 316 g/mol.